The van der Waals surface area contributed by atoms with Crippen LogP contribution in [0.1, 0.15) is 60.5 Å². The van der Waals surface area contributed by atoms with Gasteiger partial charge in [0.2, 0.25) is 11.8 Å². The molecular formula is C32H28F2N4O2. The Balaban J connectivity index is 1.23. The number of halogens is 2. The molecule has 7 rings (SSSR count). The van der Waals surface area contributed by atoms with Crippen LogP contribution in [0, 0.1) is 17.0 Å². The largest absolute Gasteiger partial charge is 0.331 e. The van der Waals surface area contributed by atoms with Crippen molar-refractivity contribution in [1.82, 2.24) is 14.9 Å². The van der Waals surface area contributed by atoms with E-state index in [2.05, 4.69) is 22.4 Å². The number of carbonyl (C=O) groups is 2. The highest BCUT2D eigenvalue weighted by atomic mass is 19.1. The zero-order chi connectivity index (χ0) is 27.8. The van der Waals surface area contributed by atoms with E-state index >= 15 is 0 Å². The first kappa shape index (κ1) is 24.8. The van der Waals surface area contributed by atoms with Gasteiger partial charge >= 0.3 is 0 Å². The van der Waals surface area contributed by atoms with E-state index in [1.807, 2.05) is 32.0 Å². The Morgan fingerprint density at radius 1 is 1.00 bits per heavy atom. The summed E-state index contributed by atoms with van der Waals surface area (Å²) >= 11 is 0. The number of likely N-dealkylation sites (tertiary alicyclic amines) is 1. The number of carbonyl (C=O) groups excluding carboxylic acids is 2. The molecule has 2 aromatic carbocycles. The van der Waals surface area contributed by atoms with Gasteiger partial charge in [-0.2, -0.15) is 0 Å². The zero-order valence-electron chi connectivity index (χ0n) is 22.3. The molecule has 1 aliphatic carbocycles. The van der Waals surface area contributed by atoms with Crippen molar-refractivity contribution in [3.63, 3.8) is 0 Å². The molecule has 2 aliphatic heterocycles. The Labute approximate surface area is 230 Å². The molecule has 0 bridgehead atoms. The maximum absolute atomic E-state index is 14.1. The van der Waals surface area contributed by atoms with E-state index in [0.717, 1.165) is 39.2 Å². The van der Waals surface area contributed by atoms with E-state index in [-0.39, 0.29) is 18.4 Å². The van der Waals surface area contributed by atoms with Crippen molar-refractivity contribution in [3.05, 3.63) is 100 Å². The summed E-state index contributed by atoms with van der Waals surface area (Å²) < 4.78 is 28.2. The van der Waals surface area contributed by atoms with Crippen LogP contribution >= 0.6 is 0 Å². The molecule has 3 aliphatic rings. The van der Waals surface area contributed by atoms with Gasteiger partial charge in [-0.25, -0.2) is 13.8 Å². The first-order chi connectivity index (χ1) is 19.1. The first-order valence-electron chi connectivity index (χ1n) is 13.6. The predicted octanol–water partition coefficient (Wildman–Crippen LogP) is 5.79. The van der Waals surface area contributed by atoms with Gasteiger partial charge in [0, 0.05) is 41.4 Å². The van der Waals surface area contributed by atoms with E-state index < -0.39 is 28.5 Å². The van der Waals surface area contributed by atoms with Crippen LogP contribution < -0.4 is 5.32 Å². The van der Waals surface area contributed by atoms with Gasteiger partial charge in [0.15, 0.2) is 0 Å². The Kier molecular flexibility index (Phi) is 5.37. The molecule has 0 unspecified atom stereocenters. The summed E-state index contributed by atoms with van der Waals surface area (Å²) in [5.41, 5.74) is 4.00. The lowest BCUT2D eigenvalue weighted by Crippen LogP contribution is -2.47. The van der Waals surface area contributed by atoms with Crippen LogP contribution in [-0.2, 0) is 34.4 Å². The van der Waals surface area contributed by atoms with Crippen molar-refractivity contribution in [2.45, 2.75) is 57.5 Å². The van der Waals surface area contributed by atoms with Gasteiger partial charge < -0.3 is 10.2 Å². The third kappa shape index (κ3) is 3.80. The topological polar surface area (TPSA) is 75.2 Å². The van der Waals surface area contributed by atoms with E-state index in [1.54, 1.807) is 17.3 Å². The van der Waals surface area contributed by atoms with Crippen molar-refractivity contribution >= 4 is 28.5 Å². The number of rotatable bonds is 3. The van der Waals surface area contributed by atoms with E-state index in [1.165, 1.54) is 12.1 Å². The van der Waals surface area contributed by atoms with Crippen molar-refractivity contribution < 1.29 is 18.4 Å². The van der Waals surface area contributed by atoms with Crippen LogP contribution in [0.25, 0.3) is 10.9 Å². The lowest BCUT2D eigenvalue weighted by Gasteiger charge is -2.43. The third-order valence-electron chi connectivity index (χ3n) is 8.91. The van der Waals surface area contributed by atoms with Crippen molar-refractivity contribution in [3.8, 4) is 0 Å². The quantitative estimate of drug-likeness (QED) is 0.359. The number of aromatic nitrogens is 2. The maximum Gasteiger partial charge on any atom is 0.237 e. The Hall–Kier alpha value is -4.20. The van der Waals surface area contributed by atoms with E-state index in [9.17, 15) is 18.4 Å². The van der Waals surface area contributed by atoms with E-state index in [4.69, 9.17) is 4.98 Å². The normalized spacial score (nSPS) is 23.0. The van der Waals surface area contributed by atoms with Crippen LogP contribution in [0.4, 0.5) is 14.6 Å². The number of nitrogens with one attached hydrogen (secondary N) is 1. The summed E-state index contributed by atoms with van der Waals surface area (Å²) in [6, 6.07) is 13.1. The smallest absolute Gasteiger partial charge is 0.237 e. The molecule has 40 heavy (non-hydrogen) atoms. The van der Waals surface area contributed by atoms with Gasteiger partial charge in [-0.1, -0.05) is 19.9 Å². The van der Waals surface area contributed by atoms with Crippen LogP contribution in [0.15, 0.2) is 60.9 Å². The maximum atomic E-state index is 14.1. The fraction of sp³-hybridized carbons (Fsp3) is 0.312. The fourth-order valence-electron chi connectivity index (χ4n) is 6.82. The Bertz CT molecular complexity index is 1720. The SMILES string of the molecule is CC1(C)CC[C@@H](c2cc(F)cc(F)c2)N(Cc2cnc3cc4c(cc3c2)C[C@@]2(C4)C(=O)Nc3ncccc32)C1=O. The number of piperidine rings is 1. The van der Waals surface area contributed by atoms with Crippen LogP contribution in [0.3, 0.4) is 0 Å². The minimum absolute atomic E-state index is 0.0267. The number of benzene rings is 2. The van der Waals surface area contributed by atoms with Crippen LogP contribution in [0.2, 0.25) is 0 Å². The molecular weight excluding hydrogens is 510 g/mol. The molecule has 0 radical (unpaired) electrons. The van der Waals surface area contributed by atoms with E-state index in [0.29, 0.717) is 37.1 Å². The monoisotopic (exact) mass is 538 g/mol. The fourth-order valence-corrected chi connectivity index (χ4v) is 6.82. The van der Waals surface area contributed by atoms with Gasteiger partial charge in [0.25, 0.3) is 0 Å². The number of fused-ring (bicyclic) bond motifs is 4. The lowest BCUT2D eigenvalue weighted by atomic mass is 9.78. The number of hydrogen-bond donors (Lipinski definition) is 1. The van der Waals surface area contributed by atoms with Crippen LogP contribution in [-0.4, -0.2) is 26.7 Å². The molecule has 6 nitrogen and oxygen atoms in total. The molecule has 1 fully saturated rings. The minimum atomic E-state index is -0.661. The summed E-state index contributed by atoms with van der Waals surface area (Å²) in [5.74, 6) is -0.752. The number of pyridine rings is 2. The molecule has 2 atom stereocenters. The average Bonchev–Trinajstić information content (AvgIpc) is 3.41. The highest BCUT2D eigenvalue weighted by molar-refractivity contribution is 6.06. The second-order valence-corrected chi connectivity index (χ2v) is 12.0. The molecule has 8 heteroatoms. The second kappa shape index (κ2) is 8.65. The molecule has 2 aromatic heterocycles. The minimum Gasteiger partial charge on any atom is -0.331 e. The van der Waals surface area contributed by atoms with Crippen molar-refractivity contribution in [1.29, 1.82) is 0 Å². The van der Waals surface area contributed by atoms with Gasteiger partial charge in [-0.05, 0) is 84.3 Å². The molecule has 4 aromatic rings. The molecule has 0 saturated carbocycles. The highest BCUT2D eigenvalue weighted by Gasteiger charge is 2.51. The Morgan fingerprint density at radius 2 is 1.75 bits per heavy atom. The van der Waals surface area contributed by atoms with Crippen molar-refractivity contribution in [2.24, 2.45) is 5.41 Å². The van der Waals surface area contributed by atoms with Gasteiger partial charge in [0.05, 0.1) is 17.0 Å². The first-order valence-corrected chi connectivity index (χ1v) is 13.6. The number of amides is 2. The Morgan fingerprint density at radius 3 is 2.52 bits per heavy atom. The molecule has 1 N–H and O–H groups in total. The summed E-state index contributed by atoms with van der Waals surface area (Å²) in [6.07, 6.45) is 5.86. The average molecular weight is 539 g/mol. The van der Waals surface area contributed by atoms with Gasteiger partial charge in [-0.15, -0.1) is 0 Å². The van der Waals surface area contributed by atoms with Crippen molar-refractivity contribution in [2.75, 3.05) is 5.32 Å². The summed E-state index contributed by atoms with van der Waals surface area (Å²) in [5, 5.41) is 3.87. The second-order valence-electron chi connectivity index (χ2n) is 12.0. The third-order valence-corrected chi connectivity index (χ3v) is 8.91. The molecule has 2 amide bonds. The zero-order valence-corrected chi connectivity index (χ0v) is 22.3. The molecule has 1 spiro atoms. The summed E-state index contributed by atoms with van der Waals surface area (Å²) in [6.45, 7) is 4.10. The standard InChI is InChI=1S/C32H28F2N4O2/c1-31(2)6-5-27(20-10-23(33)13-24(34)11-20)38(30(31)40)17-18-8-19-9-21-14-32(15-22(21)12-26(19)36-16-18)25-4-3-7-35-28(25)37-29(32)39/h3-4,7-13,16,27H,5-6,14-15,17H2,1-2H3,(H,35,37,39)/t27-,32-/m0/s1. The van der Waals surface area contributed by atoms with Gasteiger partial charge in [0.1, 0.15) is 17.5 Å². The summed E-state index contributed by atoms with van der Waals surface area (Å²) in [7, 11) is 0. The highest BCUT2D eigenvalue weighted by Crippen LogP contribution is 2.47. The lowest BCUT2D eigenvalue weighted by molar-refractivity contribution is -0.149. The van der Waals surface area contributed by atoms with Crippen LogP contribution in [0.5, 0.6) is 0 Å². The molecule has 1 saturated heterocycles. The molecule has 202 valence electrons. The number of hydrogen-bond acceptors (Lipinski definition) is 4. The predicted molar refractivity (Wildman–Crippen MR) is 146 cm³/mol. The molecule has 4 heterocycles. The van der Waals surface area contributed by atoms with Gasteiger partial charge in [-0.3, -0.25) is 14.6 Å². The number of anilines is 1. The summed E-state index contributed by atoms with van der Waals surface area (Å²) in [4.78, 5) is 37.5. The number of nitrogens with zero attached hydrogens (tertiary/aromatic N) is 3.